The second kappa shape index (κ2) is 5.50. The minimum absolute atomic E-state index is 0.0608. The molecule has 4 N–H and O–H groups in total. The first-order valence-corrected chi connectivity index (χ1v) is 9.89. The van der Waals surface area contributed by atoms with E-state index in [0.717, 1.165) is 31.4 Å². The number of hydrogen-bond donors (Lipinski definition) is 4. The summed E-state index contributed by atoms with van der Waals surface area (Å²) in [6, 6.07) is 0. The number of nitrogens with one attached hydrogen (secondary N) is 2. The van der Waals surface area contributed by atoms with Crippen molar-refractivity contribution in [3.8, 4) is 0 Å². The number of aliphatic hydroxyl groups is 2. The summed E-state index contributed by atoms with van der Waals surface area (Å²) in [6.45, 7) is 6.57. The summed E-state index contributed by atoms with van der Waals surface area (Å²) in [5.74, 6) is 1.32. The van der Waals surface area contributed by atoms with Crippen molar-refractivity contribution in [2.75, 3.05) is 0 Å². The maximum atomic E-state index is 10.3. The van der Waals surface area contributed by atoms with Crippen LogP contribution in [0.5, 0.6) is 0 Å². The number of allylic oxidation sites excluding steroid dienone is 2. The molecule has 4 nitrogen and oxygen atoms in total. The quantitative estimate of drug-likeness (QED) is 0.548. The summed E-state index contributed by atoms with van der Waals surface area (Å²) in [5.41, 5.74) is 2.93. The molecule has 4 heteroatoms. The molecule has 3 saturated carbocycles. The summed E-state index contributed by atoms with van der Waals surface area (Å²) in [7, 11) is 0. The number of rotatable bonds is 1. The van der Waals surface area contributed by atoms with Gasteiger partial charge in [0.1, 0.15) is 0 Å². The van der Waals surface area contributed by atoms with E-state index >= 15 is 0 Å². The van der Waals surface area contributed by atoms with Gasteiger partial charge in [0.05, 0.1) is 12.2 Å². The van der Waals surface area contributed by atoms with Crippen LogP contribution in [-0.2, 0) is 0 Å². The molecule has 0 bridgehead atoms. The van der Waals surface area contributed by atoms with E-state index in [1.165, 1.54) is 5.57 Å². The molecule has 0 spiro atoms. The van der Waals surface area contributed by atoms with Crippen LogP contribution in [0.1, 0.15) is 59.3 Å². The van der Waals surface area contributed by atoms with Crippen molar-refractivity contribution < 1.29 is 10.2 Å². The fourth-order valence-corrected chi connectivity index (χ4v) is 7.16. The highest BCUT2D eigenvalue weighted by atomic mass is 16.3. The van der Waals surface area contributed by atoms with Crippen molar-refractivity contribution in [1.29, 1.82) is 10.8 Å². The lowest BCUT2D eigenvalue weighted by atomic mass is 9.47. The topological polar surface area (TPSA) is 88.2 Å². The Hall–Kier alpha value is -1.00. The van der Waals surface area contributed by atoms with Gasteiger partial charge in [-0.05, 0) is 74.2 Å². The van der Waals surface area contributed by atoms with Crippen LogP contribution in [0.25, 0.3) is 0 Å². The molecule has 25 heavy (non-hydrogen) atoms. The predicted molar refractivity (Wildman–Crippen MR) is 99.1 cm³/mol. The second-order valence-corrected chi connectivity index (χ2v) is 9.70. The smallest absolute Gasteiger partial charge is 0.0805 e. The monoisotopic (exact) mass is 344 g/mol. The Morgan fingerprint density at radius 2 is 1.72 bits per heavy atom. The van der Waals surface area contributed by atoms with Gasteiger partial charge in [-0.3, -0.25) is 0 Å². The first-order chi connectivity index (χ1) is 11.7. The zero-order valence-electron chi connectivity index (χ0n) is 15.7. The van der Waals surface area contributed by atoms with Gasteiger partial charge in [0.15, 0.2) is 0 Å². The Kier molecular flexibility index (Phi) is 3.83. The predicted octanol–water partition coefficient (Wildman–Crippen LogP) is 3.57. The van der Waals surface area contributed by atoms with Crippen molar-refractivity contribution in [1.82, 2.24) is 0 Å². The Morgan fingerprint density at radius 1 is 1.04 bits per heavy atom. The van der Waals surface area contributed by atoms with Crippen LogP contribution in [0.3, 0.4) is 0 Å². The molecule has 0 saturated heterocycles. The summed E-state index contributed by atoms with van der Waals surface area (Å²) >= 11 is 0. The molecule has 0 aliphatic heterocycles. The van der Waals surface area contributed by atoms with E-state index in [-0.39, 0.29) is 16.7 Å². The van der Waals surface area contributed by atoms with Gasteiger partial charge in [-0.2, -0.15) is 0 Å². The summed E-state index contributed by atoms with van der Waals surface area (Å²) in [6.07, 6.45) is 6.32. The van der Waals surface area contributed by atoms with Gasteiger partial charge < -0.3 is 21.0 Å². The van der Waals surface area contributed by atoms with Crippen molar-refractivity contribution in [3.63, 3.8) is 0 Å². The minimum Gasteiger partial charge on any atom is -0.390 e. The van der Waals surface area contributed by atoms with Crippen LogP contribution in [0.2, 0.25) is 0 Å². The third-order valence-electron chi connectivity index (χ3n) is 8.50. The first kappa shape index (κ1) is 17.4. The number of fused-ring (bicyclic) bond motifs is 5. The van der Waals surface area contributed by atoms with E-state index in [0.29, 0.717) is 36.3 Å². The molecular weight excluding hydrogens is 312 g/mol. The molecular formula is C21H32N2O2. The second-order valence-electron chi connectivity index (χ2n) is 9.70. The van der Waals surface area contributed by atoms with E-state index in [9.17, 15) is 10.2 Å². The molecule has 3 fully saturated rings. The van der Waals surface area contributed by atoms with Crippen molar-refractivity contribution in [2.45, 2.75) is 71.5 Å². The number of aliphatic hydroxyl groups excluding tert-OH is 2. The first-order valence-electron chi connectivity index (χ1n) is 9.89. The standard InChI is InChI=1S/C21H32N2O2/c1-11(22)13-4-5-14-12-8-17(23)16-9-18(24)19(25)10-21(16,3)15(12)6-7-20(13,14)2/h8,13-16,18-19,22-25H,4-7,9-10H2,1-3H3/t13-,14?,15?,16+,18?,19?,20-,21-/m1/s1. The van der Waals surface area contributed by atoms with Crippen molar-refractivity contribution >= 4 is 11.4 Å². The molecule has 0 heterocycles. The zero-order chi connectivity index (χ0) is 18.1. The van der Waals surface area contributed by atoms with Crippen LogP contribution in [-0.4, -0.2) is 33.8 Å². The van der Waals surface area contributed by atoms with Gasteiger partial charge in [-0.15, -0.1) is 0 Å². The van der Waals surface area contributed by atoms with Gasteiger partial charge in [-0.1, -0.05) is 19.4 Å². The zero-order valence-corrected chi connectivity index (χ0v) is 15.7. The van der Waals surface area contributed by atoms with Crippen LogP contribution in [0.4, 0.5) is 0 Å². The SMILES string of the molecule is CC(=N)[C@H]1CCC2C3=CC(=N)[C@@H]4CC(O)C(O)C[C@]4(C)C3CC[C@@]21C. The molecule has 0 amide bonds. The molecule has 0 aromatic carbocycles. The molecule has 4 unspecified atom stereocenters. The lowest BCUT2D eigenvalue weighted by molar-refractivity contribution is -0.0877. The molecule has 0 radical (unpaired) electrons. The summed E-state index contributed by atoms with van der Waals surface area (Å²) in [5, 5.41) is 37.4. The average molecular weight is 344 g/mol. The van der Waals surface area contributed by atoms with Crippen LogP contribution < -0.4 is 0 Å². The fourth-order valence-electron chi connectivity index (χ4n) is 7.16. The van der Waals surface area contributed by atoms with Gasteiger partial charge in [-0.25, -0.2) is 0 Å². The Morgan fingerprint density at radius 3 is 2.40 bits per heavy atom. The molecule has 0 aromatic heterocycles. The van der Waals surface area contributed by atoms with E-state index in [4.69, 9.17) is 10.8 Å². The molecule has 8 atom stereocenters. The van der Waals surface area contributed by atoms with Crippen molar-refractivity contribution in [2.24, 2.45) is 34.5 Å². The molecule has 4 aliphatic rings. The van der Waals surface area contributed by atoms with Crippen LogP contribution in [0, 0.1) is 45.3 Å². The maximum Gasteiger partial charge on any atom is 0.0805 e. The van der Waals surface area contributed by atoms with Gasteiger partial charge >= 0.3 is 0 Å². The maximum absolute atomic E-state index is 10.3. The van der Waals surface area contributed by atoms with E-state index < -0.39 is 12.2 Å². The third-order valence-corrected chi connectivity index (χ3v) is 8.50. The Balaban J connectivity index is 1.74. The Labute approximate surface area is 150 Å². The minimum atomic E-state index is -0.696. The summed E-state index contributed by atoms with van der Waals surface area (Å²) in [4.78, 5) is 0. The van der Waals surface area contributed by atoms with E-state index in [1.807, 2.05) is 6.92 Å². The van der Waals surface area contributed by atoms with Gasteiger partial charge in [0.2, 0.25) is 0 Å². The highest BCUT2D eigenvalue weighted by Gasteiger charge is 2.59. The molecule has 138 valence electrons. The fraction of sp³-hybridized carbons (Fsp3) is 0.810. The molecule has 0 aromatic rings. The Bertz CT molecular complexity index is 656. The van der Waals surface area contributed by atoms with Crippen LogP contribution in [0.15, 0.2) is 11.6 Å². The molecule has 4 rings (SSSR count). The lowest BCUT2D eigenvalue weighted by Crippen LogP contribution is -2.55. The average Bonchev–Trinajstić information content (AvgIpc) is 2.88. The highest BCUT2D eigenvalue weighted by molar-refractivity contribution is 5.97. The molecule has 4 aliphatic carbocycles. The van der Waals surface area contributed by atoms with Crippen molar-refractivity contribution in [3.05, 3.63) is 11.6 Å². The normalized spacial score (nSPS) is 52.0. The van der Waals surface area contributed by atoms with Crippen LogP contribution >= 0.6 is 0 Å². The highest BCUT2D eigenvalue weighted by Crippen LogP contribution is 2.65. The lowest BCUT2D eigenvalue weighted by Gasteiger charge is -2.58. The van der Waals surface area contributed by atoms with E-state index in [2.05, 4.69) is 19.9 Å². The van der Waals surface area contributed by atoms with E-state index in [1.54, 1.807) is 0 Å². The third kappa shape index (κ3) is 2.26. The van der Waals surface area contributed by atoms with Gasteiger partial charge in [0, 0.05) is 23.3 Å². The van der Waals surface area contributed by atoms with Gasteiger partial charge in [0.25, 0.3) is 0 Å². The largest absolute Gasteiger partial charge is 0.390 e. The summed E-state index contributed by atoms with van der Waals surface area (Å²) < 4.78 is 0. The number of hydrogen-bond acceptors (Lipinski definition) is 4.